The summed E-state index contributed by atoms with van der Waals surface area (Å²) in [6.07, 6.45) is 1.74. The Kier molecular flexibility index (Phi) is 7.29. The first-order valence-corrected chi connectivity index (χ1v) is 10.6. The molecule has 0 saturated carbocycles. The molecule has 1 N–H and O–H groups in total. The summed E-state index contributed by atoms with van der Waals surface area (Å²) in [7, 11) is 0. The maximum atomic E-state index is 12.3. The highest BCUT2D eigenvalue weighted by Gasteiger charge is 2.08. The van der Waals surface area contributed by atoms with E-state index in [9.17, 15) is 4.79 Å². The molecule has 0 spiro atoms. The second kappa shape index (κ2) is 9.92. The molecule has 6 heteroatoms. The van der Waals surface area contributed by atoms with Gasteiger partial charge >= 0.3 is 0 Å². The highest BCUT2D eigenvalue weighted by molar-refractivity contribution is 9.10. The number of anilines is 1. The van der Waals surface area contributed by atoms with E-state index in [0.29, 0.717) is 16.5 Å². The van der Waals surface area contributed by atoms with Gasteiger partial charge in [0.25, 0.3) is 5.91 Å². The highest BCUT2D eigenvalue weighted by atomic mass is 79.9. The summed E-state index contributed by atoms with van der Waals surface area (Å²) in [5, 5.41) is 3.39. The molecule has 3 aromatic carbocycles. The molecule has 30 heavy (non-hydrogen) atoms. The van der Waals surface area contributed by atoms with Gasteiger partial charge in [0.2, 0.25) is 0 Å². The molecule has 0 fully saturated rings. The van der Waals surface area contributed by atoms with Gasteiger partial charge in [0.05, 0.1) is 5.69 Å². The minimum Gasteiger partial charge on any atom is -0.483 e. The maximum Gasteiger partial charge on any atom is 0.262 e. The van der Waals surface area contributed by atoms with E-state index in [1.165, 1.54) is 11.1 Å². The predicted octanol–water partition coefficient (Wildman–Crippen LogP) is 6.80. The Labute approximate surface area is 190 Å². The van der Waals surface area contributed by atoms with Crippen LogP contribution in [0.5, 0.6) is 5.75 Å². The third-order valence-corrected chi connectivity index (χ3v) is 5.53. The number of ether oxygens (including phenoxy) is 1. The average Bonchev–Trinajstić information content (AvgIpc) is 2.71. The van der Waals surface area contributed by atoms with E-state index in [2.05, 4.69) is 40.1 Å². The van der Waals surface area contributed by atoms with Crippen LogP contribution in [0.2, 0.25) is 5.02 Å². The van der Waals surface area contributed by atoms with E-state index >= 15 is 0 Å². The third kappa shape index (κ3) is 5.94. The topological polar surface area (TPSA) is 50.7 Å². The fourth-order valence-electron chi connectivity index (χ4n) is 2.71. The monoisotopic (exact) mass is 484 g/mol. The largest absolute Gasteiger partial charge is 0.483 e. The van der Waals surface area contributed by atoms with Gasteiger partial charge in [-0.2, -0.15) is 0 Å². The molecule has 0 unspecified atom stereocenters. The van der Waals surface area contributed by atoms with E-state index in [1.54, 1.807) is 18.3 Å². The molecule has 0 aromatic heterocycles. The Morgan fingerprint density at radius 1 is 1.03 bits per heavy atom. The van der Waals surface area contributed by atoms with Gasteiger partial charge in [-0.1, -0.05) is 39.7 Å². The number of rotatable bonds is 6. The van der Waals surface area contributed by atoms with Crippen LogP contribution >= 0.6 is 27.5 Å². The summed E-state index contributed by atoms with van der Waals surface area (Å²) in [6, 6.07) is 17.0. The van der Waals surface area contributed by atoms with Gasteiger partial charge in [-0.25, -0.2) is 0 Å². The number of aliphatic imine (C=N–C) groups is 1. The molecule has 154 valence electrons. The van der Waals surface area contributed by atoms with Crippen molar-refractivity contribution in [3.05, 3.63) is 86.3 Å². The molecular formula is C24H22BrClN2O2. The molecule has 0 radical (unpaired) electrons. The van der Waals surface area contributed by atoms with Gasteiger partial charge < -0.3 is 10.1 Å². The molecule has 0 bridgehead atoms. The lowest BCUT2D eigenvalue weighted by Crippen LogP contribution is -2.20. The van der Waals surface area contributed by atoms with Gasteiger partial charge in [0, 0.05) is 27.0 Å². The van der Waals surface area contributed by atoms with Gasteiger partial charge in [0.1, 0.15) is 5.75 Å². The molecule has 4 nitrogen and oxygen atoms in total. The number of hydrogen-bond donors (Lipinski definition) is 1. The lowest BCUT2D eigenvalue weighted by Gasteiger charge is -2.11. The van der Waals surface area contributed by atoms with Crippen LogP contribution < -0.4 is 10.1 Å². The molecule has 3 aromatic rings. The molecule has 0 heterocycles. The van der Waals surface area contributed by atoms with Crippen LogP contribution in [0.25, 0.3) is 0 Å². The van der Waals surface area contributed by atoms with Gasteiger partial charge in [0.15, 0.2) is 6.61 Å². The van der Waals surface area contributed by atoms with Crippen LogP contribution in [0.1, 0.15) is 22.3 Å². The molecular weight excluding hydrogens is 464 g/mol. The van der Waals surface area contributed by atoms with Crippen molar-refractivity contribution in [2.24, 2.45) is 4.99 Å². The smallest absolute Gasteiger partial charge is 0.262 e. The van der Waals surface area contributed by atoms with Crippen molar-refractivity contribution < 1.29 is 9.53 Å². The summed E-state index contributed by atoms with van der Waals surface area (Å²) in [4.78, 5) is 16.8. The number of carbonyl (C=O) groups is 1. The van der Waals surface area contributed by atoms with Crippen LogP contribution in [0, 0.1) is 20.8 Å². The molecule has 0 saturated heterocycles. The fourth-order valence-corrected chi connectivity index (χ4v) is 3.27. The lowest BCUT2D eigenvalue weighted by atomic mass is 10.1. The minimum absolute atomic E-state index is 0.127. The predicted molar refractivity (Wildman–Crippen MR) is 128 cm³/mol. The summed E-state index contributed by atoms with van der Waals surface area (Å²) < 4.78 is 6.65. The summed E-state index contributed by atoms with van der Waals surface area (Å²) in [5.74, 6) is 0.303. The normalized spacial score (nSPS) is 11.0. The number of carbonyl (C=O) groups excluding carboxylic acids is 1. The first kappa shape index (κ1) is 22.1. The second-order valence-electron chi connectivity index (χ2n) is 7.01. The third-order valence-electron chi connectivity index (χ3n) is 4.63. The number of hydrogen-bond acceptors (Lipinski definition) is 3. The Balaban J connectivity index is 1.70. The molecule has 1 amide bonds. The van der Waals surface area contributed by atoms with Gasteiger partial charge in [-0.05, 0) is 79.9 Å². The second-order valence-corrected chi connectivity index (χ2v) is 8.33. The zero-order valence-electron chi connectivity index (χ0n) is 17.0. The minimum atomic E-state index is -0.269. The number of nitrogens with zero attached hydrogens (tertiary/aromatic N) is 1. The zero-order valence-corrected chi connectivity index (χ0v) is 19.3. The van der Waals surface area contributed by atoms with E-state index < -0.39 is 0 Å². The molecule has 0 atom stereocenters. The van der Waals surface area contributed by atoms with Crippen molar-refractivity contribution in [3.63, 3.8) is 0 Å². The van der Waals surface area contributed by atoms with Crippen molar-refractivity contribution in [3.8, 4) is 5.75 Å². The van der Waals surface area contributed by atoms with Crippen molar-refractivity contribution in [1.29, 1.82) is 0 Å². The Morgan fingerprint density at radius 2 is 1.80 bits per heavy atom. The Hall–Kier alpha value is -2.63. The van der Waals surface area contributed by atoms with Crippen LogP contribution in [0.15, 0.2) is 64.1 Å². The Bertz CT molecular complexity index is 1110. The molecule has 0 aliphatic carbocycles. The summed E-state index contributed by atoms with van der Waals surface area (Å²) >= 11 is 9.58. The molecule has 0 aliphatic heterocycles. The molecule has 3 rings (SSSR count). The van der Waals surface area contributed by atoms with Crippen LogP contribution in [0.4, 0.5) is 11.4 Å². The van der Waals surface area contributed by atoms with Crippen molar-refractivity contribution in [2.45, 2.75) is 20.8 Å². The van der Waals surface area contributed by atoms with Crippen molar-refractivity contribution in [2.75, 3.05) is 11.9 Å². The number of nitrogens with one attached hydrogen (secondary N) is 1. The summed E-state index contributed by atoms with van der Waals surface area (Å²) in [6.45, 7) is 5.91. The van der Waals surface area contributed by atoms with Gasteiger partial charge in [-0.15, -0.1) is 0 Å². The SMILES string of the molecule is Cc1ccc(N=Cc2cc(Br)ccc2OCC(=O)Nc2ccc(C)c(Cl)c2)cc1C. The first-order chi connectivity index (χ1) is 14.3. The van der Waals surface area contributed by atoms with Crippen LogP contribution in [-0.2, 0) is 4.79 Å². The van der Waals surface area contributed by atoms with E-state index in [-0.39, 0.29) is 12.5 Å². The zero-order chi connectivity index (χ0) is 21.7. The quantitative estimate of drug-likeness (QED) is 0.391. The van der Waals surface area contributed by atoms with E-state index in [1.807, 2.05) is 49.4 Å². The molecule has 0 aliphatic rings. The highest BCUT2D eigenvalue weighted by Crippen LogP contribution is 2.24. The van der Waals surface area contributed by atoms with E-state index in [4.69, 9.17) is 16.3 Å². The lowest BCUT2D eigenvalue weighted by molar-refractivity contribution is -0.118. The average molecular weight is 486 g/mol. The maximum absolute atomic E-state index is 12.3. The van der Waals surface area contributed by atoms with Crippen molar-refractivity contribution >= 4 is 51.0 Å². The van der Waals surface area contributed by atoms with Crippen molar-refractivity contribution in [1.82, 2.24) is 0 Å². The number of amides is 1. The number of aryl methyl sites for hydroxylation is 3. The van der Waals surface area contributed by atoms with Gasteiger partial charge in [-0.3, -0.25) is 9.79 Å². The van der Waals surface area contributed by atoms with Crippen LogP contribution in [-0.4, -0.2) is 18.7 Å². The van der Waals surface area contributed by atoms with Crippen LogP contribution in [0.3, 0.4) is 0 Å². The summed E-state index contributed by atoms with van der Waals surface area (Å²) in [5.41, 5.74) is 5.62. The first-order valence-electron chi connectivity index (χ1n) is 9.41. The standard InChI is InChI=1S/C24H22BrClN2O2/c1-15-4-7-20(10-17(15)3)27-13-18-11-19(25)6-9-23(18)30-14-24(29)28-21-8-5-16(2)22(26)12-21/h4-13H,14H2,1-3H3,(H,28,29). The van der Waals surface area contributed by atoms with E-state index in [0.717, 1.165) is 21.3 Å². The number of halogens is 2. The fraction of sp³-hybridized carbons (Fsp3) is 0.167. The number of benzene rings is 3. The Morgan fingerprint density at radius 3 is 2.53 bits per heavy atom.